The van der Waals surface area contributed by atoms with Crippen LogP contribution in [0.1, 0.15) is 10.4 Å². The molecule has 0 atom stereocenters. The fourth-order valence-electron chi connectivity index (χ4n) is 2.01. The highest BCUT2D eigenvalue weighted by Crippen LogP contribution is 2.11. The molecule has 108 valence electrons. The number of hydrogen-bond donors (Lipinski definition) is 1. The summed E-state index contributed by atoms with van der Waals surface area (Å²) in [4.78, 5) is 26.5. The van der Waals surface area contributed by atoms with E-state index < -0.39 is 0 Å². The second-order valence-electron chi connectivity index (χ2n) is 4.57. The fourth-order valence-corrected chi connectivity index (χ4v) is 2.01. The van der Waals surface area contributed by atoms with Gasteiger partial charge in [-0.3, -0.25) is 9.78 Å². The maximum absolute atomic E-state index is 12.0. The van der Waals surface area contributed by atoms with Crippen LogP contribution in [0.4, 0.5) is 11.6 Å². The lowest BCUT2D eigenvalue weighted by Crippen LogP contribution is -2.37. The molecule has 7 heteroatoms. The van der Waals surface area contributed by atoms with Crippen LogP contribution < -0.4 is 10.2 Å². The molecule has 0 aromatic carbocycles. The van der Waals surface area contributed by atoms with E-state index in [4.69, 9.17) is 4.74 Å². The van der Waals surface area contributed by atoms with E-state index in [0.29, 0.717) is 30.4 Å². The van der Waals surface area contributed by atoms with Crippen LogP contribution in [0.3, 0.4) is 0 Å². The first-order valence-electron chi connectivity index (χ1n) is 6.69. The molecule has 2 aromatic rings. The molecule has 1 saturated heterocycles. The minimum absolute atomic E-state index is 0.253. The molecule has 1 aliphatic heterocycles. The number of nitrogens with one attached hydrogen (secondary N) is 1. The van der Waals surface area contributed by atoms with E-state index in [1.807, 2.05) is 4.90 Å². The zero-order valence-corrected chi connectivity index (χ0v) is 11.4. The average molecular weight is 285 g/mol. The fraction of sp³-hybridized carbons (Fsp3) is 0.286. The van der Waals surface area contributed by atoms with Crippen molar-refractivity contribution < 1.29 is 9.53 Å². The third-order valence-corrected chi connectivity index (χ3v) is 3.11. The number of ether oxygens (including phenoxy) is 1. The molecule has 0 saturated carbocycles. The molecule has 0 unspecified atom stereocenters. The van der Waals surface area contributed by atoms with E-state index in [1.165, 1.54) is 12.4 Å². The number of carbonyl (C=O) groups excluding carboxylic acids is 1. The first-order valence-corrected chi connectivity index (χ1v) is 6.69. The molecule has 0 radical (unpaired) electrons. The highest BCUT2D eigenvalue weighted by molar-refractivity contribution is 6.03. The van der Waals surface area contributed by atoms with Crippen LogP contribution in [-0.2, 0) is 4.74 Å². The van der Waals surface area contributed by atoms with Crippen molar-refractivity contribution in [2.45, 2.75) is 0 Å². The lowest BCUT2D eigenvalue weighted by molar-refractivity contribution is 0.102. The largest absolute Gasteiger partial charge is 0.378 e. The van der Waals surface area contributed by atoms with Gasteiger partial charge in [0.2, 0.25) is 5.95 Å². The Morgan fingerprint density at radius 1 is 1.19 bits per heavy atom. The Morgan fingerprint density at radius 3 is 2.62 bits per heavy atom. The summed E-state index contributed by atoms with van der Waals surface area (Å²) in [5, 5.41) is 2.74. The monoisotopic (exact) mass is 285 g/mol. The van der Waals surface area contributed by atoms with E-state index in [0.717, 1.165) is 13.1 Å². The topological polar surface area (TPSA) is 80.2 Å². The van der Waals surface area contributed by atoms with Crippen LogP contribution in [0.5, 0.6) is 0 Å². The third kappa shape index (κ3) is 3.32. The van der Waals surface area contributed by atoms with E-state index in [2.05, 4.69) is 20.3 Å². The Morgan fingerprint density at radius 2 is 1.95 bits per heavy atom. The predicted octanol–water partition coefficient (Wildman–Crippen LogP) is 0.960. The van der Waals surface area contributed by atoms with Gasteiger partial charge in [0.15, 0.2) is 0 Å². The average Bonchev–Trinajstić information content (AvgIpc) is 2.57. The Bertz CT molecular complexity index is 597. The van der Waals surface area contributed by atoms with Crippen LogP contribution in [0, 0.1) is 0 Å². The maximum Gasteiger partial charge on any atom is 0.258 e. The second-order valence-corrected chi connectivity index (χ2v) is 4.57. The smallest absolute Gasteiger partial charge is 0.258 e. The van der Waals surface area contributed by atoms with Crippen molar-refractivity contribution in [2.24, 2.45) is 0 Å². The summed E-state index contributed by atoms with van der Waals surface area (Å²) in [6, 6.07) is 3.53. The summed E-state index contributed by atoms with van der Waals surface area (Å²) in [5.41, 5.74) is 1.05. The molecule has 3 heterocycles. The number of morpholine rings is 1. The summed E-state index contributed by atoms with van der Waals surface area (Å²) < 4.78 is 5.28. The molecular weight excluding hydrogens is 270 g/mol. The Kier molecular flexibility index (Phi) is 4.02. The van der Waals surface area contributed by atoms with Gasteiger partial charge in [0.25, 0.3) is 5.91 Å². The van der Waals surface area contributed by atoms with Gasteiger partial charge in [0.1, 0.15) is 0 Å². The van der Waals surface area contributed by atoms with Gasteiger partial charge in [-0.2, -0.15) is 0 Å². The molecule has 2 aromatic heterocycles. The van der Waals surface area contributed by atoms with Gasteiger partial charge in [-0.15, -0.1) is 0 Å². The van der Waals surface area contributed by atoms with E-state index in [-0.39, 0.29) is 5.91 Å². The van der Waals surface area contributed by atoms with Gasteiger partial charge in [-0.1, -0.05) is 0 Å². The van der Waals surface area contributed by atoms with Gasteiger partial charge in [-0.05, 0) is 12.1 Å². The van der Waals surface area contributed by atoms with Crippen LogP contribution >= 0.6 is 0 Å². The molecule has 0 spiro atoms. The van der Waals surface area contributed by atoms with Crippen molar-refractivity contribution in [1.29, 1.82) is 0 Å². The normalized spacial score (nSPS) is 14.8. The first-order chi connectivity index (χ1) is 10.3. The molecule has 7 nitrogen and oxygen atoms in total. The molecule has 1 aliphatic rings. The first kappa shape index (κ1) is 13.4. The number of anilines is 2. The van der Waals surface area contributed by atoms with Crippen molar-refractivity contribution in [3.05, 3.63) is 42.5 Å². The van der Waals surface area contributed by atoms with Crippen LogP contribution in [0.2, 0.25) is 0 Å². The van der Waals surface area contributed by atoms with E-state index in [1.54, 1.807) is 24.5 Å². The standard InChI is InChI=1S/C14H15N5O2/c20-13(18-12-2-1-3-15-10-12)11-8-16-14(17-9-11)19-4-6-21-7-5-19/h1-3,8-10H,4-7H2,(H,18,20). The molecule has 3 rings (SSSR count). The van der Waals surface area contributed by atoms with Gasteiger partial charge in [0, 0.05) is 31.7 Å². The van der Waals surface area contributed by atoms with Gasteiger partial charge < -0.3 is 15.0 Å². The van der Waals surface area contributed by atoms with Crippen molar-refractivity contribution >= 4 is 17.5 Å². The Labute approximate surface area is 122 Å². The van der Waals surface area contributed by atoms with Crippen molar-refractivity contribution in [2.75, 3.05) is 36.5 Å². The minimum atomic E-state index is -0.253. The number of pyridine rings is 1. The van der Waals surface area contributed by atoms with Gasteiger partial charge in [-0.25, -0.2) is 9.97 Å². The number of nitrogens with zero attached hydrogens (tertiary/aromatic N) is 4. The lowest BCUT2D eigenvalue weighted by Gasteiger charge is -2.26. The number of aromatic nitrogens is 3. The number of amides is 1. The molecular formula is C14H15N5O2. The molecule has 0 aliphatic carbocycles. The summed E-state index contributed by atoms with van der Waals surface area (Å²) >= 11 is 0. The van der Waals surface area contributed by atoms with Crippen LogP contribution in [0.15, 0.2) is 36.9 Å². The number of hydrogen-bond acceptors (Lipinski definition) is 6. The molecule has 1 fully saturated rings. The van der Waals surface area contributed by atoms with E-state index >= 15 is 0 Å². The Balaban J connectivity index is 1.67. The van der Waals surface area contributed by atoms with Crippen molar-refractivity contribution in [1.82, 2.24) is 15.0 Å². The van der Waals surface area contributed by atoms with Gasteiger partial charge in [0.05, 0.1) is 30.7 Å². The molecule has 1 amide bonds. The Hall–Kier alpha value is -2.54. The minimum Gasteiger partial charge on any atom is -0.378 e. The number of carbonyl (C=O) groups is 1. The zero-order chi connectivity index (χ0) is 14.5. The highest BCUT2D eigenvalue weighted by Gasteiger charge is 2.14. The summed E-state index contributed by atoms with van der Waals surface area (Å²) in [6.45, 7) is 2.88. The molecule has 0 bridgehead atoms. The SMILES string of the molecule is O=C(Nc1cccnc1)c1cnc(N2CCOCC2)nc1. The van der Waals surface area contributed by atoms with Crippen LogP contribution in [0.25, 0.3) is 0 Å². The summed E-state index contributed by atoms with van der Waals surface area (Å²) in [5.74, 6) is 0.368. The quantitative estimate of drug-likeness (QED) is 0.904. The van der Waals surface area contributed by atoms with Crippen molar-refractivity contribution in [3.63, 3.8) is 0 Å². The molecule has 1 N–H and O–H groups in total. The van der Waals surface area contributed by atoms with Crippen LogP contribution in [-0.4, -0.2) is 47.2 Å². The number of rotatable bonds is 3. The summed E-state index contributed by atoms with van der Waals surface area (Å²) in [7, 11) is 0. The second kappa shape index (κ2) is 6.27. The van der Waals surface area contributed by atoms with E-state index in [9.17, 15) is 4.79 Å². The summed E-state index contributed by atoms with van der Waals surface area (Å²) in [6.07, 6.45) is 6.30. The highest BCUT2D eigenvalue weighted by atomic mass is 16.5. The predicted molar refractivity (Wildman–Crippen MR) is 77.3 cm³/mol. The third-order valence-electron chi connectivity index (χ3n) is 3.11. The van der Waals surface area contributed by atoms with Gasteiger partial charge >= 0.3 is 0 Å². The maximum atomic E-state index is 12.0. The molecule has 21 heavy (non-hydrogen) atoms. The zero-order valence-electron chi connectivity index (χ0n) is 11.4. The lowest BCUT2D eigenvalue weighted by atomic mass is 10.3. The van der Waals surface area contributed by atoms with Crippen molar-refractivity contribution in [3.8, 4) is 0 Å².